The number of aliphatic hydroxyl groups excluding tert-OH is 1. The summed E-state index contributed by atoms with van der Waals surface area (Å²) in [5.41, 5.74) is 0. The first-order chi connectivity index (χ1) is 5.33. The Hall–Kier alpha value is -0.120. The maximum Gasteiger partial charge on any atom is 0.154 e. The van der Waals surface area contributed by atoms with Crippen molar-refractivity contribution in [2.24, 2.45) is 5.92 Å². The Balaban J connectivity index is 2.13. The van der Waals surface area contributed by atoms with Gasteiger partial charge >= 0.3 is 0 Å². The number of rotatable bonds is 3. The third-order valence-electron chi connectivity index (χ3n) is 2.27. The molecule has 0 amide bonds. The Kier molecular flexibility index (Phi) is 3.83. The molecule has 1 fully saturated rings. The minimum atomic E-state index is -0.557. The molecule has 0 saturated carbocycles. The third-order valence-corrected chi connectivity index (χ3v) is 2.27. The Morgan fingerprint density at radius 3 is 2.73 bits per heavy atom. The van der Waals surface area contributed by atoms with Crippen molar-refractivity contribution < 1.29 is 9.84 Å². The summed E-state index contributed by atoms with van der Waals surface area (Å²) in [4.78, 5) is 0. The second-order valence-corrected chi connectivity index (χ2v) is 3.12. The largest absolute Gasteiger partial charge is 0.368 e. The Morgan fingerprint density at radius 1 is 1.55 bits per heavy atom. The van der Waals surface area contributed by atoms with Crippen LogP contribution < -0.4 is 5.32 Å². The molecule has 0 aromatic rings. The van der Waals surface area contributed by atoms with Crippen LogP contribution in [0.15, 0.2) is 0 Å². The summed E-state index contributed by atoms with van der Waals surface area (Å²) in [6.45, 7) is 2.17. The first-order valence-electron chi connectivity index (χ1n) is 4.24. The number of ether oxygens (including phenoxy) is 1. The van der Waals surface area contributed by atoms with E-state index in [4.69, 9.17) is 9.84 Å². The van der Waals surface area contributed by atoms with Crippen LogP contribution in [0, 0.1) is 5.92 Å². The molecule has 0 bridgehead atoms. The minimum Gasteiger partial charge on any atom is -0.368 e. The average molecular weight is 159 g/mol. The molecule has 1 aliphatic heterocycles. The number of methoxy groups -OCH3 is 1. The zero-order valence-electron chi connectivity index (χ0n) is 7.05. The molecule has 1 aliphatic rings. The molecular weight excluding hydrogens is 142 g/mol. The Bertz CT molecular complexity index is 102. The lowest BCUT2D eigenvalue weighted by molar-refractivity contribution is -0.0889. The van der Waals surface area contributed by atoms with Gasteiger partial charge in [0, 0.05) is 13.5 Å². The molecule has 1 rings (SSSR count). The fraction of sp³-hybridized carbons (Fsp3) is 1.00. The van der Waals surface area contributed by atoms with E-state index in [9.17, 15) is 0 Å². The summed E-state index contributed by atoms with van der Waals surface area (Å²) in [5, 5.41) is 12.5. The number of piperidine rings is 1. The van der Waals surface area contributed by atoms with E-state index < -0.39 is 6.29 Å². The lowest BCUT2D eigenvalue weighted by Gasteiger charge is -2.23. The van der Waals surface area contributed by atoms with E-state index in [1.807, 2.05) is 0 Å². The highest BCUT2D eigenvalue weighted by atomic mass is 16.6. The fourth-order valence-electron chi connectivity index (χ4n) is 1.50. The molecule has 1 atom stereocenters. The Labute approximate surface area is 67.7 Å². The number of hydrogen-bond donors (Lipinski definition) is 2. The summed E-state index contributed by atoms with van der Waals surface area (Å²) < 4.78 is 4.79. The molecule has 0 aromatic carbocycles. The van der Waals surface area contributed by atoms with Gasteiger partial charge in [0.15, 0.2) is 6.29 Å². The zero-order valence-corrected chi connectivity index (χ0v) is 7.05. The van der Waals surface area contributed by atoms with E-state index in [0.29, 0.717) is 5.92 Å². The highest BCUT2D eigenvalue weighted by Crippen LogP contribution is 2.17. The maximum atomic E-state index is 9.17. The summed E-state index contributed by atoms with van der Waals surface area (Å²) in [6.07, 6.45) is 2.57. The lowest BCUT2D eigenvalue weighted by atomic mass is 9.94. The molecule has 1 heterocycles. The number of nitrogens with one attached hydrogen (secondary N) is 1. The van der Waals surface area contributed by atoms with Gasteiger partial charge in [0.1, 0.15) is 0 Å². The van der Waals surface area contributed by atoms with Crippen LogP contribution in [0.25, 0.3) is 0 Å². The van der Waals surface area contributed by atoms with Crippen LogP contribution in [-0.2, 0) is 4.74 Å². The van der Waals surface area contributed by atoms with Crippen LogP contribution in [-0.4, -0.2) is 31.6 Å². The van der Waals surface area contributed by atoms with Crippen LogP contribution in [0.4, 0.5) is 0 Å². The lowest BCUT2D eigenvalue weighted by Crippen LogP contribution is -2.30. The van der Waals surface area contributed by atoms with Gasteiger partial charge < -0.3 is 15.2 Å². The van der Waals surface area contributed by atoms with E-state index in [1.54, 1.807) is 7.11 Å². The molecular formula is C8H17NO2. The van der Waals surface area contributed by atoms with Crippen molar-refractivity contribution in [2.45, 2.75) is 25.6 Å². The quantitative estimate of drug-likeness (QED) is 0.583. The molecule has 2 N–H and O–H groups in total. The van der Waals surface area contributed by atoms with E-state index in [1.165, 1.54) is 12.8 Å². The van der Waals surface area contributed by atoms with Gasteiger partial charge in [-0.05, 0) is 31.8 Å². The van der Waals surface area contributed by atoms with Crippen molar-refractivity contribution in [3.63, 3.8) is 0 Å². The summed E-state index contributed by atoms with van der Waals surface area (Å²) >= 11 is 0. The van der Waals surface area contributed by atoms with Crippen LogP contribution >= 0.6 is 0 Å². The van der Waals surface area contributed by atoms with Gasteiger partial charge in [-0.25, -0.2) is 0 Å². The maximum absolute atomic E-state index is 9.17. The highest BCUT2D eigenvalue weighted by molar-refractivity contribution is 4.68. The number of aliphatic hydroxyl groups is 1. The number of hydrogen-bond acceptors (Lipinski definition) is 3. The smallest absolute Gasteiger partial charge is 0.154 e. The van der Waals surface area contributed by atoms with Crippen molar-refractivity contribution in [2.75, 3.05) is 20.2 Å². The van der Waals surface area contributed by atoms with E-state index >= 15 is 0 Å². The van der Waals surface area contributed by atoms with Crippen molar-refractivity contribution in [1.82, 2.24) is 5.32 Å². The molecule has 0 aliphatic carbocycles. The van der Waals surface area contributed by atoms with E-state index in [2.05, 4.69) is 5.32 Å². The SMILES string of the molecule is COC(O)CC1CCNCC1. The average Bonchev–Trinajstić information content (AvgIpc) is 2.06. The molecule has 0 aromatic heterocycles. The Morgan fingerprint density at radius 2 is 2.18 bits per heavy atom. The van der Waals surface area contributed by atoms with Crippen LogP contribution in [0.3, 0.4) is 0 Å². The predicted octanol–water partition coefficient (Wildman–Crippen LogP) is 0.341. The van der Waals surface area contributed by atoms with Crippen molar-refractivity contribution in [1.29, 1.82) is 0 Å². The normalized spacial score (nSPS) is 23.5. The molecule has 3 heteroatoms. The zero-order chi connectivity index (χ0) is 8.10. The molecule has 0 radical (unpaired) electrons. The van der Waals surface area contributed by atoms with Gasteiger partial charge in [-0.2, -0.15) is 0 Å². The topological polar surface area (TPSA) is 41.5 Å². The monoisotopic (exact) mass is 159 g/mol. The standard InChI is InChI=1S/C8H17NO2/c1-11-8(10)6-7-2-4-9-5-3-7/h7-10H,2-6H2,1H3. The molecule has 11 heavy (non-hydrogen) atoms. The van der Waals surface area contributed by atoms with Gasteiger partial charge in [-0.3, -0.25) is 0 Å². The predicted molar refractivity (Wildman–Crippen MR) is 43.2 cm³/mol. The summed E-state index contributed by atoms with van der Waals surface area (Å²) in [5.74, 6) is 0.645. The molecule has 66 valence electrons. The minimum absolute atomic E-state index is 0.557. The first kappa shape index (κ1) is 8.97. The van der Waals surface area contributed by atoms with Crippen molar-refractivity contribution >= 4 is 0 Å². The second-order valence-electron chi connectivity index (χ2n) is 3.12. The van der Waals surface area contributed by atoms with E-state index in [0.717, 1.165) is 19.5 Å². The highest BCUT2D eigenvalue weighted by Gasteiger charge is 2.16. The molecule has 1 unspecified atom stereocenters. The third kappa shape index (κ3) is 3.18. The van der Waals surface area contributed by atoms with Crippen LogP contribution in [0.5, 0.6) is 0 Å². The fourth-order valence-corrected chi connectivity index (χ4v) is 1.50. The van der Waals surface area contributed by atoms with Crippen LogP contribution in [0.1, 0.15) is 19.3 Å². The van der Waals surface area contributed by atoms with Gasteiger partial charge in [0.25, 0.3) is 0 Å². The van der Waals surface area contributed by atoms with Gasteiger partial charge in [0.2, 0.25) is 0 Å². The molecule has 3 nitrogen and oxygen atoms in total. The summed E-state index contributed by atoms with van der Waals surface area (Å²) in [7, 11) is 1.55. The van der Waals surface area contributed by atoms with Gasteiger partial charge in [0.05, 0.1) is 0 Å². The van der Waals surface area contributed by atoms with Crippen LogP contribution in [0.2, 0.25) is 0 Å². The van der Waals surface area contributed by atoms with Crippen molar-refractivity contribution in [3.8, 4) is 0 Å². The summed E-state index contributed by atoms with van der Waals surface area (Å²) in [6, 6.07) is 0. The molecule has 1 saturated heterocycles. The first-order valence-corrected chi connectivity index (χ1v) is 4.24. The molecule has 0 spiro atoms. The van der Waals surface area contributed by atoms with Gasteiger partial charge in [-0.1, -0.05) is 0 Å². The second kappa shape index (κ2) is 4.70. The van der Waals surface area contributed by atoms with E-state index in [-0.39, 0.29) is 0 Å². The van der Waals surface area contributed by atoms with Gasteiger partial charge in [-0.15, -0.1) is 0 Å². The van der Waals surface area contributed by atoms with Crippen molar-refractivity contribution in [3.05, 3.63) is 0 Å².